The topological polar surface area (TPSA) is 67.4 Å². The van der Waals surface area contributed by atoms with Crippen molar-refractivity contribution in [3.63, 3.8) is 0 Å². The molecule has 21 heavy (non-hydrogen) atoms. The van der Waals surface area contributed by atoms with Crippen molar-refractivity contribution in [2.75, 3.05) is 39.1 Å². The zero-order valence-electron chi connectivity index (χ0n) is 12.9. The highest BCUT2D eigenvalue weighted by Crippen LogP contribution is 2.29. The Labute approximate surface area is 135 Å². The molecule has 0 amide bonds. The van der Waals surface area contributed by atoms with Crippen LogP contribution >= 0.6 is 12.4 Å². The lowest BCUT2D eigenvalue weighted by atomic mass is 9.80. The van der Waals surface area contributed by atoms with Crippen molar-refractivity contribution in [2.24, 2.45) is 11.3 Å². The van der Waals surface area contributed by atoms with Gasteiger partial charge in [0.05, 0.1) is 12.4 Å². The summed E-state index contributed by atoms with van der Waals surface area (Å²) in [5.74, 6) is 0.660. The van der Waals surface area contributed by atoms with Crippen LogP contribution in [0.25, 0.3) is 0 Å². The fourth-order valence-electron chi connectivity index (χ4n) is 3.44. The molecule has 2 fully saturated rings. The van der Waals surface area contributed by atoms with E-state index in [1.807, 2.05) is 0 Å². The first kappa shape index (κ1) is 19.2. The Kier molecular flexibility index (Phi) is 7.92. The third kappa shape index (κ3) is 6.02. The molecule has 0 bridgehead atoms. The van der Waals surface area contributed by atoms with E-state index in [0.717, 1.165) is 38.8 Å². The average molecular weight is 341 g/mol. The molecule has 2 N–H and O–H groups in total. The molecule has 1 saturated carbocycles. The Morgan fingerprint density at radius 1 is 1.24 bits per heavy atom. The predicted octanol–water partition coefficient (Wildman–Crippen LogP) is 1.53. The standard InChI is InChI=1S/C14H28N2O3S.ClH/c1-19-12-14(6-8-15-9-7-14)11-16-20(17,18)10-13-4-2-3-5-13;/h13,15-16H,2-12H2,1H3;1H. The lowest BCUT2D eigenvalue weighted by Gasteiger charge is -2.37. The van der Waals surface area contributed by atoms with Gasteiger partial charge in [-0.25, -0.2) is 13.1 Å². The second-order valence-corrected chi connectivity index (χ2v) is 8.29. The summed E-state index contributed by atoms with van der Waals surface area (Å²) in [6.07, 6.45) is 6.42. The Hall–Kier alpha value is 0.120. The van der Waals surface area contributed by atoms with E-state index in [0.29, 0.717) is 24.8 Å². The number of rotatable bonds is 7. The summed E-state index contributed by atoms with van der Waals surface area (Å²) < 4.78 is 32.6. The Balaban J connectivity index is 0.00000220. The van der Waals surface area contributed by atoms with Crippen LogP contribution in [0.3, 0.4) is 0 Å². The number of methoxy groups -OCH3 is 1. The van der Waals surface area contributed by atoms with Crippen LogP contribution in [0.5, 0.6) is 0 Å². The highest BCUT2D eigenvalue weighted by atomic mass is 35.5. The van der Waals surface area contributed by atoms with Crippen LogP contribution in [0.2, 0.25) is 0 Å². The summed E-state index contributed by atoms with van der Waals surface area (Å²) in [6.45, 7) is 3.01. The Morgan fingerprint density at radius 2 is 1.86 bits per heavy atom. The van der Waals surface area contributed by atoms with Crippen molar-refractivity contribution in [2.45, 2.75) is 38.5 Å². The molecule has 1 aliphatic heterocycles. The molecule has 0 unspecified atom stereocenters. The number of halogens is 1. The van der Waals surface area contributed by atoms with E-state index in [2.05, 4.69) is 10.0 Å². The van der Waals surface area contributed by atoms with Crippen LogP contribution in [0.1, 0.15) is 38.5 Å². The maximum absolute atomic E-state index is 12.2. The van der Waals surface area contributed by atoms with Gasteiger partial charge in [0, 0.05) is 19.1 Å². The fourth-order valence-corrected chi connectivity index (χ4v) is 5.04. The van der Waals surface area contributed by atoms with Gasteiger partial charge in [-0.1, -0.05) is 12.8 Å². The first-order valence-electron chi connectivity index (χ1n) is 7.72. The molecule has 0 radical (unpaired) electrons. The number of hydrogen-bond donors (Lipinski definition) is 2. The van der Waals surface area contributed by atoms with Crippen molar-refractivity contribution in [1.29, 1.82) is 0 Å². The van der Waals surface area contributed by atoms with Crippen molar-refractivity contribution < 1.29 is 13.2 Å². The molecular weight excluding hydrogens is 312 g/mol. The van der Waals surface area contributed by atoms with Gasteiger partial charge in [0.1, 0.15) is 0 Å². The molecule has 5 nitrogen and oxygen atoms in total. The molecule has 1 heterocycles. The van der Waals surface area contributed by atoms with Gasteiger partial charge in [-0.3, -0.25) is 0 Å². The van der Waals surface area contributed by atoms with Crippen molar-refractivity contribution in [3.05, 3.63) is 0 Å². The Morgan fingerprint density at radius 3 is 2.43 bits per heavy atom. The zero-order chi connectivity index (χ0) is 14.5. The van der Waals surface area contributed by atoms with Crippen LogP contribution in [-0.4, -0.2) is 47.5 Å². The summed E-state index contributed by atoms with van der Waals surface area (Å²) in [7, 11) is -1.46. The lowest BCUT2D eigenvalue weighted by molar-refractivity contribution is 0.0577. The van der Waals surface area contributed by atoms with Crippen LogP contribution < -0.4 is 10.0 Å². The molecule has 1 aliphatic carbocycles. The van der Waals surface area contributed by atoms with Gasteiger partial charge in [0.25, 0.3) is 0 Å². The highest BCUT2D eigenvalue weighted by molar-refractivity contribution is 7.89. The molecule has 0 aromatic rings. The van der Waals surface area contributed by atoms with E-state index >= 15 is 0 Å². The number of nitrogens with one attached hydrogen (secondary N) is 2. The van der Waals surface area contributed by atoms with Gasteiger partial charge in [-0.2, -0.15) is 0 Å². The van der Waals surface area contributed by atoms with Gasteiger partial charge < -0.3 is 10.1 Å². The quantitative estimate of drug-likeness (QED) is 0.737. The monoisotopic (exact) mass is 340 g/mol. The first-order valence-corrected chi connectivity index (χ1v) is 9.37. The molecule has 1 saturated heterocycles. The third-order valence-electron chi connectivity index (χ3n) is 4.71. The molecular formula is C14H29ClN2O3S. The minimum absolute atomic E-state index is 0. The maximum Gasteiger partial charge on any atom is 0.211 e. The largest absolute Gasteiger partial charge is 0.384 e. The fraction of sp³-hybridized carbons (Fsp3) is 1.00. The van der Waals surface area contributed by atoms with Gasteiger partial charge in [-0.05, 0) is 44.7 Å². The molecule has 0 aromatic heterocycles. The van der Waals surface area contributed by atoms with Gasteiger partial charge in [0.15, 0.2) is 0 Å². The zero-order valence-corrected chi connectivity index (χ0v) is 14.5. The van der Waals surface area contributed by atoms with Crippen LogP contribution in [0.4, 0.5) is 0 Å². The molecule has 0 aromatic carbocycles. The van der Waals surface area contributed by atoms with Gasteiger partial charge >= 0.3 is 0 Å². The van der Waals surface area contributed by atoms with Gasteiger partial charge in [0.2, 0.25) is 10.0 Å². The van der Waals surface area contributed by atoms with E-state index in [9.17, 15) is 8.42 Å². The van der Waals surface area contributed by atoms with Crippen molar-refractivity contribution in [1.82, 2.24) is 10.0 Å². The van der Waals surface area contributed by atoms with Crippen LogP contribution in [0.15, 0.2) is 0 Å². The smallest absolute Gasteiger partial charge is 0.211 e. The molecule has 2 aliphatic rings. The van der Waals surface area contributed by atoms with Crippen molar-refractivity contribution >= 4 is 22.4 Å². The molecule has 7 heteroatoms. The summed E-state index contributed by atoms with van der Waals surface area (Å²) >= 11 is 0. The van der Waals surface area contributed by atoms with Gasteiger partial charge in [-0.15, -0.1) is 12.4 Å². The number of ether oxygens (including phenoxy) is 1. The van der Waals surface area contributed by atoms with E-state index in [4.69, 9.17) is 4.74 Å². The lowest BCUT2D eigenvalue weighted by Crippen LogP contribution is -2.47. The molecule has 126 valence electrons. The SMILES string of the molecule is COCC1(CNS(=O)(=O)CC2CCCC2)CCNCC1.Cl. The van der Waals surface area contributed by atoms with E-state index in [1.54, 1.807) is 7.11 Å². The third-order valence-corrected chi connectivity index (χ3v) is 6.21. The van der Waals surface area contributed by atoms with Crippen molar-refractivity contribution in [3.8, 4) is 0 Å². The summed E-state index contributed by atoms with van der Waals surface area (Å²) in [5, 5.41) is 3.32. The van der Waals surface area contributed by atoms with Crippen LogP contribution in [-0.2, 0) is 14.8 Å². The Bertz CT molecular complexity index is 386. The summed E-state index contributed by atoms with van der Waals surface area (Å²) in [5.41, 5.74) is -0.0389. The molecule has 0 atom stereocenters. The minimum Gasteiger partial charge on any atom is -0.384 e. The minimum atomic E-state index is -3.15. The average Bonchev–Trinajstić information content (AvgIpc) is 2.90. The summed E-state index contributed by atoms with van der Waals surface area (Å²) in [6, 6.07) is 0. The second-order valence-electron chi connectivity index (χ2n) is 6.44. The summed E-state index contributed by atoms with van der Waals surface area (Å²) in [4.78, 5) is 0. The first-order chi connectivity index (χ1) is 9.55. The van der Waals surface area contributed by atoms with E-state index < -0.39 is 10.0 Å². The van der Waals surface area contributed by atoms with Crippen LogP contribution in [0, 0.1) is 11.3 Å². The number of sulfonamides is 1. The number of piperidine rings is 1. The maximum atomic E-state index is 12.2. The highest BCUT2D eigenvalue weighted by Gasteiger charge is 2.33. The number of hydrogen-bond acceptors (Lipinski definition) is 4. The second kappa shape index (κ2) is 8.67. The van der Waals surface area contributed by atoms with E-state index in [-0.39, 0.29) is 17.8 Å². The van der Waals surface area contributed by atoms with E-state index in [1.165, 1.54) is 12.8 Å². The normalized spacial score (nSPS) is 22.9. The molecule has 2 rings (SSSR count). The molecule has 0 spiro atoms. The predicted molar refractivity (Wildman–Crippen MR) is 87.4 cm³/mol.